The van der Waals surface area contributed by atoms with Crippen molar-refractivity contribution in [1.82, 2.24) is 9.55 Å². The van der Waals surface area contributed by atoms with Crippen LogP contribution in [-0.4, -0.2) is 15.4 Å². The molecule has 0 aliphatic carbocycles. The number of hydrogen-bond acceptors (Lipinski definition) is 2. The Balaban J connectivity index is 1.89. The number of nitrogens with one attached hydrogen (secondary N) is 1. The van der Waals surface area contributed by atoms with Gasteiger partial charge in [-0.1, -0.05) is 48.5 Å². The predicted octanol–water partition coefficient (Wildman–Crippen LogP) is 3.19. The standard InChI is InChI=1S/C18H18N4/c1-13-21-10-11-22(13)12-14-6-8-15(9-7-14)16-4-2-3-5-17(16)18(19)20/h2-11H,12H2,1H3,(H3,19,20). The second-order valence-electron chi connectivity index (χ2n) is 5.26. The lowest BCUT2D eigenvalue weighted by atomic mass is 9.98. The zero-order valence-corrected chi connectivity index (χ0v) is 12.5. The molecule has 110 valence electrons. The topological polar surface area (TPSA) is 67.7 Å². The highest BCUT2D eigenvalue weighted by atomic mass is 15.0. The van der Waals surface area contributed by atoms with Gasteiger partial charge in [-0.2, -0.15) is 0 Å². The average Bonchev–Trinajstić information content (AvgIpc) is 2.93. The van der Waals surface area contributed by atoms with E-state index >= 15 is 0 Å². The van der Waals surface area contributed by atoms with E-state index in [1.807, 2.05) is 43.6 Å². The second-order valence-corrected chi connectivity index (χ2v) is 5.26. The minimum absolute atomic E-state index is 0.0914. The molecule has 0 aliphatic heterocycles. The van der Waals surface area contributed by atoms with Crippen LogP contribution in [-0.2, 0) is 6.54 Å². The number of nitrogen functional groups attached to an aromatic ring is 1. The molecule has 0 fully saturated rings. The number of hydrogen-bond donors (Lipinski definition) is 2. The maximum atomic E-state index is 7.69. The number of imidazole rings is 1. The van der Waals surface area contributed by atoms with Crippen molar-refractivity contribution in [3.05, 3.63) is 77.9 Å². The summed E-state index contributed by atoms with van der Waals surface area (Å²) in [6.45, 7) is 2.80. The first-order valence-corrected chi connectivity index (χ1v) is 7.15. The lowest BCUT2D eigenvalue weighted by Gasteiger charge is -2.10. The van der Waals surface area contributed by atoms with E-state index in [9.17, 15) is 0 Å². The Hall–Kier alpha value is -2.88. The van der Waals surface area contributed by atoms with E-state index in [1.165, 1.54) is 5.56 Å². The van der Waals surface area contributed by atoms with Crippen LogP contribution in [0.15, 0.2) is 60.9 Å². The molecule has 0 bridgehead atoms. The monoisotopic (exact) mass is 290 g/mol. The number of aromatic nitrogens is 2. The largest absolute Gasteiger partial charge is 0.384 e. The van der Waals surface area contributed by atoms with Crippen LogP contribution in [0.5, 0.6) is 0 Å². The molecular formula is C18H18N4. The van der Waals surface area contributed by atoms with E-state index < -0.39 is 0 Å². The average molecular weight is 290 g/mol. The molecule has 2 aromatic carbocycles. The summed E-state index contributed by atoms with van der Waals surface area (Å²) in [4.78, 5) is 4.23. The Labute approximate surface area is 129 Å². The minimum Gasteiger partial charge on any atom is -0.384 e. The number of aryl methyl sites for hydroxylation is 1. The van der Waals surface area contributed by atoms with Crippen LogP contribution in [0.4, 0.5) is 0 Å². The van der Waals surface area contributed by atoms with E-state index in [0.29, 0.717) is 0 Å². The zero-order chi connectivity index (χ0) is 15.5. The third-order valence-corrected chi connectivity index (χ3v) is 3.76. The molecule has 0 atom stereocenters. The molecule has 0 amide bonds. The molecule has 3 rings (SSSR count). The van der Waals surface area contributed by atoms with Crippen LogP contribution in [0.1, 0.15) is 17.0 Å². The molecule has 4 nitrogen and oxygen atoms in total. The van der Waals surface area contributed by atoms with Gasteiger partial charge in [0.1, 0.15) is 11.7 Å². The third kappa shape index (κ3) is 2.76. The van der Waals surface area contributed by atoms with Crippen molar-refractivity contribution < 1.29 is 0 Å². The fraction of sp³-hybridized carbons (Fsp3) is 0.111. The summed E-state index contributed by atoms with van der Waals surface area (Å²) in [7, 11) is 0. The van der Waals surface area contributed by atoms with E-state index in [0.717, 1.165) is 29.1 Å². The summed E-state index contributed by atoms with van der Waals surface area (Å²) in [6.07, 6.45) is 3.79. The first-order valence-electron chi connectivity index (χ1n) is 7.15. The molecule has 0 aliphatic rings. The van der Waals surface area contributed by atoms with Gasteiger partial charge in [-0.25, -0.2) is 4.98 Å². The fourth-order valence-corrected chi connectivity index (χ4v) is 2.53. The van der Waals surface area contributed by atoms with Gasteiger partial charge in [-0.3, -0.25) is 5.41 Å². The summed E-state index contributed by atoms with van der Waals surface area (Å²) in [5, 5.41) is 7.69. The van der Waals surface area contributed by atoms with E-state index in [-0.39, 0.29) is 5.84 Å². The maximum absolute atomic E-state index is 7.69. The van der Waals surface area contributed by atoms with Gasteiger partial charge in [0.2, 0.25) is 0 Å². The predicted molar refractivity (Wildman–Crippen MR) is 89.0 cm³/mol. The summed E-state index contributed by atoms with van der Waals surface area (Å²) < 4.78 is 2.11. The van der Waals surface area contributed by atoms with Crippen LogP contribution >= 0.6 is 0 Å². The first kappa shape index (κ1) is 14.1. The Kier molecular flexibility index (Phi) is 3.74. The van der Waals surface area contributed by atoms with Gasteiger partial charge >= 0.3 is 0 Å². The van der Waals surface area contributed by atoms with Crippen LogP contribution in [0.25, 0.3) is 11.1 Å². The highest BCUT2D eigenvalue weighted by Crippen LogP contribution is 2.24. The molecule has 0 unspecified atom stereocenters. The van der Waals surface area contributed by atoms with E-state index in [4.69, 9.17) is 11.1 Å². The lowest BCUT2D eigenvalue weighted by molar-refractivity contribution is 0.762. The molecule has 0 saturated carbocycles. The smallest absolute Gasteiger partial charge is 0.123 e. The molecule has 1 heterocycles. The second kappa shape index (κ2) is 5.85. The van der Waals surface area contributed by atoms with Crippen LogP contribution in [0.2, 0.25) is 0 Å². The van der Waals surface area contributed by atoms with Gasteiger partial charge in [-0.05, 0) is 23.6 Å². The zero-order valence-electron chi connectivity index (χ0n) is 12.5. The molecule has 0 spiro atoms. The number of amidine groups is 1. The first-order chi connectivity index (χ1) is 10.6. The fourth-order valence-electron chi connectivity index (χ4n) is 2.53. The Bertz CT molecular complexity index is 800. The Morgan fingerprint density at radius 3 is 2.50 bits per heavy atom. The number of nitrogens with zero attached hydrogens (tertiary/aromatic N) is 2. The maximum Gasteiger partial charge on any atom is 0.123 e. The quantitative estimate of drug-likeness (QED) is 0.572. The van der Waals surface area contributed by atoms with Crippen molar-refractivity contribution in [3.8, 4) is 11.1 Å². The van der Waals surface area contributed by atoms with Crippen molar-refractivity contribution in [2.24, 2.45) is 5.73 Å². The summed E-state index contributed by atoms with van der Waals surface area (Å²) in [6, 6.07) is 16.1. The van der Waals surface area contributed by atoms with Gasteiger partial charge < -0.3 is 10.3 Å². The number of nitrogens with two attached hydrogens (primary N) is 1. The van der Waals surface area contributed by atoms with Gasteiger partial charge in [0, 0.05) is 24.5 Å². The van der Waals surface area contributed by atoms with Gasteiger partial charge in [-0.15, -0.1) is 0 Å². The number of benzene rings is 2. The molecule has 1 aromatic heterocycles. The van der Waals surface area contributed by atoms with Crippen molar-refractivity contribution in [2.75, 3.05) is 0 Å². The third-order valence-electron chi connectivity index (χ3n) is 3.76. The van der Waals surface area contributed by atoms with Gasteiger partial charge in [0.25, 0.3) is 0 Å². The van der Waals surface area contributed by atoms with Gasteiger partial charge in [0.05, 0.1) is 0 Å². The van der Waals surface area contributed by atoms with E-state index in [2.05, 4.69) is 33.8 Å². The lowest BCUT2D eigenvalue weighted by Crippen LogP contribution is -2.12. The van der Waals surface area contributed by atoms with Crippen LogP contribution in [0, 0.1) is 12.3 Å². The van der Waals surface area contributed by atoms with Gasteiger partial charge in [0.15, 0.2) is 0 Å². The molecular weight excluding hydrogens is 272 g/mol. The normalized spacial score (nSPS) is 10.6. The van der Waals surface area contributed by atoms with Crippen molar-refractivity contribution in [2.45, 2.75) is 13.5 Å². The van der Waals surface area contributed by atoms with E-state index in [1.54, 1.807) is 0 Å². The molecule has 0 radical (unpaired) electrons. The molecule has 3 N–H and O–H groups in total. The molecule has 22 heavy (non-hydrogen) atoms. The highest BCUT2D eigenvalue weighted by Gasteiger charge is 2.07. The molecule has 0 saturated heterocycles. The number of rotatable bonds is 4. The summed E-state index contributed by atoms with van der Waals surface area (Å²) in [5.41, 5.74) is 9.69. The minimum atomic E-state index is 0.0914. The summed E-state index contributed by atoms with van der Waals surface area (Å²) >= 11 is 0. The Morgan fingerprint density at radius 2 is 1.86 bits per heavy atom. The SMILES string of the molecule is Cc1nccn1Cc1ccc(-c2ccccc2C(=N)N)cc1. The van der Waals surface area contributed by atoms with Crippen molar-refractivity contribution in [3.63, 3.8) is 0 Å². The van der Waals surface area contributed by atoms with Crippen molar-refractivity contribution >= 4 is 5.84 Å². The summed E-state index contributed by atoms with van der Waals surface area (Å²) in [5.74, 6) is 1.10. The van der Waals surface area contributed by atoms with Crippen LogP contribution in [0.3, 0.4) is 0 Å². The molecule has 4 heteroatoms. The van der Waals surface area contributed by atoms with Crippen LogP contribution < -0.4 is 5.73 Å². The highest BCUT2D eigenvalue weighted by molar-refractivity contribution is 6.01. The molecule has 3 aromatic rings. The Morgan fingerprint density at radius 1 is 1.14 bits per heavy atom. The van der Waals surface area contributed by atoms with Crippen molar-refractivity contribution in [1.29, 1.82) is 5.41 Å².